The molecule has 2 N–H and O–H groups in total. The molecular formula is C16H17NO3. The molecule has 0 atom stereocenters. The zero-order chi connectivity index (χ0) is 14.4. The number of ether oxygens (including phenoxy) is 1. The summed E-state index contributed by atoms with van der Waals surface area (Å²) in [6, 6.07) is 15.0. The van der Waals surface area contributed by atoms with E-state index in [-0.39, 0.29) is 19.1 Å². The quantitative estimate of drug-likeness (QED) is 0.875. The lowest BCUT2D eigenvalue weighted by molar-refractivity contribution is 0.0945. The Balaban J connectivity index is 2.37. The minimum absolute atomic E-state index is 0.0760. The van der Waals surface area contributed by atoms with Crippen molar-refractivity contribution in [2.75, 3.05) is 20.3 Å². The highest BCUT2D eigenvalue weighted by Crippen LogP contribution is 2.30. The number of methoxy groups -OCH3 is 1. The van der Waals surface area contributed by atoms with Crippen molar-refractivity contribution in [1.29, 1.82) is 0 Å². The van der Waals surface area contributed by atoms with Crippen molar-refractivity contribution in [2.45, 2.75) is 0 Å². The molecule has 2 rings (SSSR count). The molecule has 0 bridgehead atoms. The molecule has 0 aliphatic rings. The lowest BCUT2D eigenvalue weighted by atomic mass is 10.0. The van der Waals surface area contributed by atoms with Crippen molar-refractivity contribution in [3.63, 3.8) is 0 Å². The van der Waals surface area contributed by atoms with Crippen LogP contribution in [0.3, 0.4) is 0 Å². The van der Waals surface area contributed by atoms with Crippen molar-refractivity contribution < 1.29 is 14.6 Å². The second-order valence-electron chi connectivity index (χ2n) is 4.26. The fourth-order valence-electron chi connectivity index (χ4n) is 1.96. The van der Waals surface area contributed by atoms with E-state index in [0.29, 0.717) is 5.56 Å². The molecule has 4 heteroatoms. The van der Waals surface area contributed by atoms with Crippen molar-refractivity contribution in [3.8, 4) is 16.9 Å². The lowest BCUT2D eigenvalue weighted by Gasteiger charge is -2.11. The van der Waals surface area contributed by atoms with E-state index in [1.54, 1.807) is 25.3 Å². The zero-order valence-corrected chi connectivity index (χ0v) is 11.3. The lowest BCUT2D eigenvalue weighted by Crippen LogP contribution is -2.26. The van der Waals surface area contributed by atoms with E-state index in [4.69, 9.17) is 9.84 Å². The number of hydrogen-bond donors (Lipinski definition) is 2. The van der Waals surface area contributed by atoms with Gasteiger partial charge in [0.25, 0.3) is 5.91 Å². The van der Waals surface area contributed by atoms with Gasteiger partial charge in [0.05, 0.1) is 13.7 Å². The predicted octanol–water partition coefficient (Wildman–Crippen LogP) is 2.08. The molecule has 0 saturated heterocycles. The summed E-state index contributed by atoms with van der Waals surface area (Å²) >= 11 is 0. The number of amides is 1. The molecule has 0 heterocycles. The molecule has 0 aliphatic heterocycles. The van der Waals surface area contributed by atoms with Gasteiger partial charge in [-0.25, -0.2) is 0 Å². The largest absolute Gasteiger partial charge is 0.496 e. The summed E-state index contributed by atoms with van der Waals surface area (Å²) in [5.74, 6) is 0.508. The molecule has 1 amide bonds. The van der Waals surface area contributed by atoms with E-state index < -0.39 is 0 Å². The van der Waals surface area contributed by atoms with Gasteiger partial charge in [-0.15, -0.1) is 0 Å². The molecule has 2 aromatic rings. The average Bonchev–Trinajstić information content (AvgIpc) is 2.52. The minimum Gasteiger partial charge on any atom is -0.496 e. The highest BCUT2D eigenvalue weighted by Gasteiger charge is 2.11. The van der Waals surface area contributed by atoms with Crippen LogP contribution in [0.4, 0.5) is 0 Å². The molecule has 0 spiro atoms. The molecule has 0 unspecified atom stereocenters. The molecule has 20 heavy (non-hydrogen) atoms. The van der Waals surface area contributed by atoms with Gasteiger partial charge in [-0.05, 0) is 23.8 Å². The number of rotatable bonds is 5. The Morgan fingerprint density at radius 3 is 2.60 bits per heavy atom. The number of carbonyl (C=O) groups excluding carboxylic acids is 1. The smallest absolute Gasteiger partial charge is 0.251 e. The van der Waals surface area contributed by atoms with Crippen LogP contribution in [0.25, 0.3) is 11.1 Å². The number of aliphatic hydroxyl groups excluding tert-OH is 1. The fraction of sp³-hybridized carbons (Fsp3) is 0.188. The van der Waals surface area contributed by atoms with Gasteiger partial charge in [-0.3, -0.25) is 4.79 Å². The number of nitrogens with one attached hydrogen (secondary N) is 1. The van der Waals surface area contributed by atoms with Crippen LogP contribution in [-0.2, 0) is 0 Å². The van der Waals surface area contributed by atoms with Crippen LogP contribution in [0.2, 0.25) is 0 Å². The number of benzene rings is 2. The Morgan fingerprint density at radius 2 is 1.95 bits per heavy atom. The van der Waals surface area contributed by atoms with Gasteiger partial charge in [0.2, 0.25) is 0 Å². The van der Waals surface area contributed by atoms with Crippen LogP contribution in [0.5, 0.6) is 5.75 Å². The maximum Gasteiger partial charge on any atom is 0.251 e. The van der Waals surface area contributed by atoms with Crippen LogP contribution in [-0.4, -0.2) is 31.3 Å². The van der Waals surface area contributed by atoms with Crippen molar-refractivity contribution in [1.82, 2.24) is 5.32 Å². The molecule has 0 fully saturated rings. The molecule has 0 saturated carbocycles. The Bertz CT molecular complexity index is 582. The topological polar surface area (TPSA) is 58.6 Å². The first kappa shape index (κ1) is 14.1. The van der Waals surface area contributed by atoms with E-state index in [1.807, 2.05) is 30.3 Å². The molecule has 0 aromatic heterocycles. The summed E-state index contributed by atoms with van der Waals surface area (Å²) in [6.45, 7) is 0.166. The zero-order valence-electron chi connectivity index (χ0n) is 11.3. The standard InChI is InChI=1S/C16H17NO3/c1-20-15-8-7-13(16(19)17-9-10-18)11-14(15)12-5-3-2-4-6-12/h2-8,11,18H,9-10H2,1H3,(H,17,19). The first-order valence-electron chi connectivity index (χ1n) is 6.38. The van der Waals surface area contributed by atoms with Gasteiger partial charge in [0, 0.05) is 17.7 Å². The summed E-state index contributed by atoms with van der Waals surface area (Å²) in [6.07, 6.45) is 0. The van der Waals surface area contributed by atoms with Gasteiger partial charge >= 0.3 is 0 Å². The van der Waals surface area contributed by atoms with Crippen LogP contribution >= 0.6 is 0 Å². The van der Waals surface area contributed by atoms with Gasteiger partial charge in [0.15, 0.2) is 0 Å². The van der Waals surface area contributed by atoms with Gasteiger partial charge in [0.1, 0.15) is 5.75 Å². The van der Waals surface area contributed by atoms with Crippen LogP contribution in [0.1, 0.15) is 10.4 Å². The van der Waals surface area contributed by atoms with Crippen molar-refractivity contribution in [3.05, 3.63) is 54.1 Å². The number of hydrogen-bond acceptors (Lipinski definition) is 3. The van der Waals surface area contributed by atoms with E-state index >= 15 is 0 Å². The van der Waals surface area contributed by atoms with Gasteiger partial charge in [-0.1, -0.05) is 30.3 Å². The number of carbonyl (C=O) groups is 1. The third kappa shape index (κ3) is 3.16. The van der Waals surface area contributed by atoms with E-state index in [9.17, 15) is 4.79 Å². The third-order valence-corrected chi connectivity index (χ3v) is 2.94. The molecule has 0 radical (unpaired) electrons. The predicted molar refractivity (Wildman–Crippen MR) is 77.8 cm³/mol. The van der Waals surface area contributed by atoms with Gasteiger partial charge in [-0.2, -0.15) is 0 Å². The number of aliphatic hydroxyl groups is 1. The maximum absolute atomic E-state index is 11.9. The molecule has 0 aliphatic carbocycles. The van der Waals surface area contributed by atoms with Crippen molar-refractivity contribution >= 4 is 5.91 Å². The Labute approximate surface area is 118 Å². The maximum atomic E-state index is 11.9. The van der Waals surface area contributed by atoms with E-state index in [1.165, 1.54) is 0 Å². The highest BCUT2D eigenvalue weighted by atomic mass is 16.5. The summed E-state index contributed by atoms with van der Waals surface area (Å²) < 4.78 is 5.34. The second-order valence-corrected chi connectivity index (χ2v) is 4.26. The Morgan fingerprint density at radius 1 is 1.20 bits per heavy atom. The summed E-state index contributed by atoms with van der Waals surface area (Å²) in [4.78, 5) is 11.9. The first-order valence-corrected chi connectivity index (χ1v) is 6.38. The monoisotopic (exact) mass is 271 g/mol. The van der Waals surface area contributed by atoms with Crippen LogP contribution < -0.4 is 10.1 Å². The SMILES string of the molecule is COc1ccc(C(=O)NCCO)cc1-c1ccccc1. The fourth-order valence-corrected chi connectivity index (χ4v) is 1.96. The summed E-state index contributed by atoms with van der Waals surface area (Å²) in [5, 5.41) is 11.4. The second kappa shape index (κ2) is 6.73. The van der Waals surface area contributed by atoms with E-state index in [2.05, 4.69) is 5.32 Å². The van der Waals surface area contributed by atoms with Gasteiger partial charge < -0.3 is 15.2 Å². The van der Waals surface area contributed by atoms with E-state index in [0.717, 1.165) is 16.9 Å². The highest BCUT2D eigenvalue weighted by molar-refractivity contribution is 5.96. The minimum atomic E-state index is -0.209. The summed E-state index contributed by atoms with van der Waals surface area (Å²) in [7, 11) is 1.60. The Kier molecular flexibility index (Phi) is 4.74. The third-order valence-electron chi connectivity index (χ3n) is 2.94. The molecule has 4 nitrogen and oxygen atoms in total. The van der Waals surface area contributed by atoms with Crippen molar-refractivity contribution in [2.24, 2.45) is 0 Å². The molecular weight excluding hydrogens is 254 g/mol. The average molecular weight is 271 g/mol. The molecule has 104 valence electrons. The van der Waals surface area contributed by atoms with Crippen LogP contribution in [0, 0.1) is 0 Å². The normalized spacial score (nSPS) is 10.1. The first-order chi connectivity index (χ1) is 9.76. The van der Waals surface area contributed by atoms with Crippen LogP contribution in [0.15, 0.2) is 48.5 Å². The summed E-state index contributed by atoms with van der Waals surface area (Å²) in [5.41, 5.74) is 2.39. The Hall–Kier alpha value is -2.33. The molecule has 2 aromatic carbocycles.